The summed E-state index contributed by atoms with van der Waals surface area (Å²) in [7, 11) is 1.26. The fraction of sp³-hybridized carbons (Fsp3) is 0.333. The molecule has 0 aliphatic heterocycles. The molecule has 4 N–H and O–H groups in total. The first-order chi connectivity index (χ1) is 9.59. The van der Waals surface area contributed by atoms with E-state index < -0.39 is 23.2 Å². The van der Waals surface area contributed by atoms with Gasteiger partial charge in [0.2, 0.25) is 0 Å². The number of hydrogen-bond acceptors (Lipinski definition) is 5. The van der Waals surface area contributed by atoms with Gasteiger partial charge in [-0.1, -0.05) is 23.2 Å². The lowest BCUT2D eigenvalue weighted by Gasteiger charge is -2.18. The van der Waals surface area contributed by atoms with Gasteiger partial charge < -0.3 is 14.9 Å². The van der Waals surface area contributed by atoms with Crippen molar-refractivity contribution in [1.82, 2.24) is 10.9 Å². The van der Waals surface area contributed by atoms with Crippen molar-refractivity contribution < 1.29 is 24.5 Å². The van der Waals surface area contributed by atoms with E-state index in [9.17, 15) is 19.8 Å². The Morgan fingerprint density at radius 3 is 2.33 bits per heavy atom. The summed E-state index contributed by atoms with van der Waals surface area (Å²) in [5.41, 5.74) is 2.12. The number of phenols is 1. The molecule has 2 amide bonds. The van der Waals surface area contributed by atoms with Crippen LogP contribution in [0.2, 0.25) is 10.0 Å². The van der Waals surface area contributed by atoms with Gasteiger partial charge in [0.15, 0.2) is 5.75 Å². The Morgan fingerprint density at radius 1 is 1.29 bits per heavy atom. The normalized spacial score (nSPS) is 11.0. The highest BCUT2D eigenvalue weighted by Crippen LogP contribution is 2.39. The molecule has 0 bridgehead atoms. The van der Waals surface area contributed by atoms with Crippen LogP contribution in [-0.2, 0) is 4.79 Å². The van der Waals surface area contributed by atoms with E-state index in [1.807, 2.05) is 10.9 Å². The maximum absolute atomic E-state index is 12.0. The molecule has 1 aromatic rings. The molecule has 1 rings (SSSR count). The summed E-state index contributed by atoms with van der Waals surface area (Å²) < 4.78 is 4.96. The number of carbonyl (C=O) groups excluding carboxylic acids is 2. The SMILES string of the molecule is COc1c(Cl)cc(O)c(Cl)c1C(=O)NNC(=O)C(C)(C)O. The van der Waals surface area contributed by atoms with Crippen molar-refractivity contribution >= 4 is 35.0 Å². The van der Waals surface area contributed by atoms with E-state index in [-0.39, 0.29) is 21.4 Å². The van der Waals surface area contributed by atoms with Crippen molar-refractivity contribution in [2.75, 3.05) is 7.11 Å². The number of phenolic OH excluding ortho intramolecular Hbond substituents is 1. The Hall–Kier alpha value is -1.70. The molecule has 0 saturated carbocycles. The summed E-state index contributed by atoms with van der Waals surface area (Å²) in [6, 6.07) is 1.12. The standard InChI is InChI=1S/C12H14Cl2N2O5/c1-12(2,20)11(19)16-15-10(18)7-8(14)6(17)4-5(13)9(7)21-3/h4,17,20H,1-3H3,(H,15,18)(H,16,19). The highest BCUT2D eigenvalue weighted by molar-refractivity contribution is 6.38. The molecule has 1 aromatic carbocycles. The Morgan fingerprint density at radius 2 is 1.86 bits per heavy atom. The van der Waals surface area contributed by atoms with Gasteiger partial charge >= 0.3 is 0 Å². The van der Waals surface area contributed by atoms with Crippen LogP contribution in [0.4, 0.5) is 0 Å². The zero-order chi connectivity index (χ0) is 16.4. The first-order valence-electron chi connectivity index (χ1n) is 5.67. The number of methoxy groups -OCH3 is 1. The van der Waals surface area contributed by atoms with Gasteiger partial charge in [-0.15, -0.1) is 0 Å². The molecule has 0 radical (unpaired) electrons. The average molecular weight is 337 g/mol. The summed E-state index contributed by atoms with van der Waals surface area (Å²) in [5, 5.41) is 18.7. The molecule has 0 saturated heterocycles. The van der Waals surface area contributed by atoms with Crippen LogP contribution in [0.5, 0.6) is 11.5 Å². The number of aliphatic hydroxyl groups is 1. The van der Waals surface area contributed by atoms with Crippen LogP contribution >= 0.6 is 23.2 Å². The summed E-state index contributed by atoms with van der Waals surface area (Å²) in [5.74, 6) is -2.18. The second-order valence-corrected chi connectivity index (χ2v) is 5.35. The van der Waals surface area contributed by atoms with Crippen LogP contribution in [0.3, 0.4) is 0 Å². The summed E-state index contributed by atoms with van der Waals surface area (Å²) in [4.78, 5) is 23.5. The molecule has 7 nitrogen and oxygen atoms in total. The van der Waals surface area contributed by atoms with Gasteiger partial charge in [-0.05, 0) is 13.8 Å². The fourth-order valence-electron chi connectivity index (χ4n) is 1.33. The molecule has 0 aromatic heterocycles. The Labute approximate surface area is 130 Å². The molecular weight excluding hydrogens is 323 g/mol. The van der Waals surface area contributed by atoms with Crippen molar-refractivity contribution in [2.45, 2.75) is 19.4 Å². The van der Waals surface area contributed by atoms with Crippen LogP contribution in [0, 0.1) is 0 Å². The molecule has 21 heavy (non-hydrogen) atoms. The van der Waals surface area contributed by atoms with Gasteiger partial charge in [0.1, 0.15) is 16.9 Å². The van der Waals surface area contributed by atoms with Gasteiger partial charge in [0.25, 0.3) is 11.8 Å². The number of nitrogens with one attached hydrogen (secondary N) is 2. The predicted molar refractivity (Wildman–Crippen MR) is 76.6 cm³/mol. The third-order valence-electron chi connectivity index (χ3n) is 2.43. The molecular formula is C12H14Cl2N2O5. The zero-order valence-electron chi connectivity index (χ0n) is 11.5. The van der Waals surface area contributed by atoms with Gasteiger partial charge in [-0.3, -0.25) is 20.4 Å². The van der Waals surface area contributed by atoms with Crippen LogP contribution in [0.25, 0.3) is 0 Å². The minimum Gasteiger partial charge on any atom is -0.506 e. The number of carbonyl (C=O) groups is 2. The number of hydrogen-bond donors (Lipinski definition) is 4. The van der Waals surface area contributed by atoms with E-state index in [1.165, 1.54) is 21.0 Å². The lowest BCUT2D eigenvalue weighted by Crippen LogP contribution is -2.50. The first kappa shape index (κ1) is 17.4. The van der Waals surface area contributed by atoms with Crippen molar-refractivity contribution in [2.24, 2.45) is 0 Å². The number of ether oxygens (including phenoxy) is 1. The Bertz CT molecular complexity index is 584. The molecule has 9 heteroatoms. The molecule has 0 aliphatic carbocycles. The van der Waals surface area contributed by atoms with Gasteiger partial charge in [0, 0.05) is 6.07 Å². The summed E-state index contributed by atoms with van der Waals surface area (Å²) in [6.07, 6.45) is 0. The van der Waals surface area contributed by atoms with Crippen molar-refractivity contribution in [3.05, 3.63) is 21.7 Å². The zero-order valence-corrected chi connectivity index (χ0v) is 13.0. The van der Waals surface area contributed by atoms with E-state index in [1.54, 1.807) is 0 Å². The minimum atomic E-state index is -1.68. The fourth-order valence-corrected chi connectivity index (χ4v) is 1.83. The first-order valence-corrected chi connectivity index (χ1v) is 6.43. The molecule has 0 aliphatic rings. The summed E-state index contributed by atoms with van der Waals surface area (Å²) >= 11 is 11.7. The van der Waals surface area contributed by atoms with Crippen LogP contribution < -0.4 is 15.6 Å². The number of hydrazine groups is 1. The number of amides is 2. The van der Waals surface area contributed by atoms with E-state index in [4.69, 9.17) is 27.9 Å². The maximum Gasteiger partial charge on any atom is 0.275 e. The molecule has 116 valence electrons. The van der Waals surface area contributed by atoms with E-state index >= 15 is 0 Å². The summed E-state index contributed by atoms with van der Waals surface area (Å²) in [6.45, 7) is 2.49. The Balaban J connectivity index is 3.06. The highest BCUT2D eigenvalue weighted by Gasteiger charge is 2.26. The quantitative estimate of drug-likeness (QED) is 0.621. The van der Waals surface area contributed by atoms with Crippen molar-refractivity contribution in [3.63, 3.8) is 0 Å². The average Bonchev–Trinajstić information content (AvgIpc) is 2.38. The Kier molecular flexibility index (Phi) is 5.27. The second-order valence-electron chi connectivity index (χ2n) is 4.57. The number of aromatic hydroxyl groups is 1. The van der Waals surface area contributed by atoms with Crippen LogP contribution in [-0.4, -0.2) is 34.7 Å². The minimum absolute atomic E-state index is 0.0293. The molecule has 0 unspecified atom stereocenters. The lowest BCUT2D eigenvalue weighted by molar-refractivity contribution is -0.137. The van der Waals surface area contributed by atoms with Crippen LogP contribution in [0.15, 0.2) is 6.07 Å². The predicted octanol–water partition coefficient (Wildman–Crippen LogP) is 1.24. The largest absolute Gasteiger partial charge is 0.506 e. The van der Waals surface area contributed by atoms with E-state index in [0.717, 1.165) is 6.07 Å². The molecule has 0 heterocycles. The molecule has 0 spiro atoms. The van der Waals surface area contributed by atoms with Gasteiger partial charge in [0.05, 0.1) is 17.2 Å². The van der Waals surface area contributed by atoms with Crippen LogP contribution in [0.1, 0.15) is 24.2 Å². The van der Waals surface area contributed by atoms with Crippen molar-refractivity contribution in [3.8, 4) is 11.5 Å². The smallest absolute Gasteiger partial charge is 0.275 e. The monoisotopic (exact) mass is 336 g/mol. The van der Waals surface area contributed by atoms with Crippen molar-refractivity contribution in [1.29, 1.82) is 0 Å². The van der Waals surface area contributed by atoms with Gasteiger partial charge in [-0.2, -0.15) is 0 Å². The third kappa shape index (κ3) is 3.90. The lowest BCUT2D eigenvalue weighted by atomic mass is 10.1. The van der Waals surface area contributed by atoms with E-state index in [2.05, 4.69) is 0 Å². The van der Waals surface area contributed by atoms with Gasteiger partial charge in [-0.25, -0.2) is 0 Å². The topological polar surface area (TPSA) is 108 Å². The van der Waals surface area contributed by atoms with E-state index in [0.29, 0.717) is 0 Å². The second kappa shape index (κ2) is 6.38. The number of halogens is 2. The number of rotatable bonds is 3. The number of benzene rings is 1. The molecule has 0 fully saturated rings. The maximum atomic E-state index is 12.0. The molecule has 0 atom stereocenters. The highest BCUT2D eigenvalue weighted by atomic mass is 35.5. The third-order valence-corrected chi connectivity index (χ3v) is 3.09.